The normalized spacial score (nSPS) is 10.1. The van der Waals surface area contributed by atoms with Crippen LogP contribution in [0.4, 0.5) is 0 Å². The molecule has 0 radical (unpaired) electrons. The summed E-state index contributed by atoms with van der Waals surface area (Å²) in [6, 6.07) is 0. The smallest absolute Gasteiger partial charge is 0.402 e. The van der Waals surface area contributed by atoms with Crippen LogP contribution in [0.5, 0.6) is 12.2 Å². The van der Waals surface area contributed by atoms with Crippen molar-refractivity contribution < 1.29 is 13.6 Å². The first-order valence-electron chi connectivity index (χ1n) is 5.10. The predicted octanol–water partition coefficient (Wildman–Crippen LogP) is 2.91. The lowest BCUT2D eigenvalue weighted by Crippen LogP contribution is -1.86. The lowest BCUT2D eigenvalue weighted by atomic mass is 10.3. The number of rotatable bonds is 6. The summed E-state index contributed by atoms with van der Waals surface area (Å²) in [5, 5.41) is 0. The predicted molar refractivity (Wildman–Crippen MR) is 60.9 cm³/mol. The van der Waals surface area contributed by atoms with E-state index in [0.717, 1.165) is 11.4 Å². The van der Waals surface area contributed by atoms with Gasteiger partial charge in [0.1, 0.15) is 12.5 Å². The summed E-state index contributed by atoms with van der Waals surface area (Å²) in [5.41, 5.74) is 1.49. The quantitative estimate of drug-likeness (QED) is 0.716. The van der Waals surface area contributed by atoms with Crippen LogP contribution >= 0.6 is 0 Å². The Morgan fingerprint density at radius 1 is 1.00 bits per heavy atom. The first-order valence-corrected chi connectivity index (χ1v) is 5.10. The van der Waals surface area contributed by atoms with Crippen molar-refractivity contribution in [2.45, 2.75) is 12.8 Å². The summed E-state index contributed by atoms with van der Waals surface area (Å²) < 4.78 is 15.4. The van der Waals surface area contributed by atoms with Crippen LogP contribution in [0.2, 0.25) is 0 Å². The van der Waals surface area contributed by atoms with Gasteiger partial charge in [-0.1, -0.05) is 12.2 Å². The van der Waals surface area contributed by atoms with Crippen molar-refractivity contribution >= 4 is 0 Å². The van der Waals surface area contributed by atoms with E-state index >= 15 is 0 Å². The van der Waals surface area contributed by atoms with Gasteiger partial charge in [-0.2, -0.15) is 9.97 Å². The van der Waals surface area contributed by atoms with Gasteiger partial charge in [0.05, 0.1) is 11.4 Å². The number of hydrogen-bond donors (Lipinski definition) is 0. The summed E-state index contributed by atoms with van der Waals surface area (Å²) >= 11 is 0. The molecule has 0 spiro atoms. The molecule has 0 unspecified atom stereocenters. The highest BCUT2D eigenvalue weighted by atomic mass is 16.7. The lowest BCUT2D eigenvalue weighted by molar-refractivity contribution is 0.257. The molecule has 0 aliphatic heterocycles. The minimum atomic E-state index is 0.105. The van der Waals surface area contributed by atoms with E-state index in [4.69, 9.17) is 13.6 Å². The summed E-state index contributed by atoms with van der Waals surface area (Å²) in [5.74, 6) is 0. The Morgan fingerprint density at radius 2 is 1.47 bits per heavy atom. The maximum absolute atomic E-state index is 5.21. The molecule has 0 bridgehead atoms. The minimum absolute atomic E-state index is 0.105. The van der Waals surface area contributed by atoms with Gasteiger partial charge >= 0.3 is 12.2 Å². The Bertz CT molecular complexity index is 467. The summed E-state index contributed by atoms with van der Waals surface area (Å²) in [4.78, 5) is 8.14. The molecule has 5 heteroatoms. The number of oxazole rings is 2. The molecule has 0 fully saturated rings. The third-order valence-corrected chi connectivity index (χ3v) is 1.94. The van der Waals surface area contributed by atoms with Crippen molar-refractivity contribution in [3.63, 3.8) is 0 Å². The zero-order chi connectivity index (χ0) is 12.1. The van der Waals surface area contributed by atoms with Gasteiger partial charge in [0.25, 0.3) is 0 Å². The number of nitrogens with zero attached hydrogens (tertiary/aromatic N) is 2. The topological polar surface area (TPSA) is 61.3 Å². The first kappa shape index (κ1) is 11.2. The average Bonchev–Trinajstić information content (AvgIpc) is 2.91. The van der Waals surface area contributed by atoms with Crippen molar-refractivity contribution in [3.05, 3.63) is 49.2 Å². The molecule has 2 rings (SSSR count). The molecular formula is C12H12N2O3. The van der Waals surface area contributed by atoms with Crippen LogP contribution in [0.15, 0.2) is 46.7 Å². The van der Waals surface area contributed by atoms with Crippen LogP contribution < -0.4 is 4.74 Å². The molecule has 0 amide bonds. The van der Waals surface area contributed by atoms with Crippen LogP contribution in [0.1, 0.15) is 11.4 Å². The Morgan fingerprint density at radius 3 is 1.88 bits per heavy atom. The number of allylic oxidation sites excluding steroid dienone is 2. The van der Waals surface area contributed by atoms with E-state index < -0.39 is 0 Å². The van der Waals surface area contributed by atoms with Gasteiger partial charge in [0.15, 0.2) is 0 Å². The average molecular weight is 232 g/mol. The van der Waals surface area contributed by atoms with Crippen molar-refractivity contribution in [1.82, 2.24) is 9.97 Å². The van der Waals surface area contributed by atoms with Crippen LogP contribution in [-0.2, 0) is 12.8 Å². The first-order chi connectivity index (χ1) is 8.31. The third kappa shape index (κ3) is 2.84. The van der Waals surface area contributed by atoms with Gasteiger partial charge in [-0.15, -0.1) is 13.2 Å². The van der Waals surface area contributed by atoms with Crippen molar-refractivity contribution in [3.8, 4) is 12.2 Å². The highest BCUT2D eigenvalue weighted by Gasteiger charge is 2.10. The fourth-order valence-corrected chi connectivity index (χ4v) is 1.23. The number of aromatic nitrogens is 2. The highest BCUT2D eigenvalue weighted by Crippen LogP contribution is 2.20. The second kappa shape index (κ2) is 5.16. The van der Waals surface area contributed by atoms with Gasteiger partial charge in [0.2, 0.25) is 0 Å². The largest absolute Gasteiger partial charge is 0.417 e. The molecule has 2 aromatic rings. The molecule has 2 aromatic heterocycles. The molecule has 5 nitrogen and oxygen atoms in total. The number of ether oxygens (including phenoxy) is 1. The minimum Gasteiger partial charge on any atom is -0.417 e. The third-order valence-electron chi connectivity index (χ3n) is 1.94. The molecule has 0 aliphatic carbocycles. The maximum Gasteiger partial charge on any atom is 0.402 e. The lowest BCUT2D eigenvalue weighted by Gasteiger charge is -1.91. The molecule has 0 saturated carbocycles. The second-order valence-corrected chi connectivity index (χ2v) is 3.30. The van der Waals surface area contributed by atoms with Crippen LogP contribution in [-0.4, -0.2) is 9.97 Å². The molecule has 0 N–H and O–H groups in total. The monoisotopic (exact) mass is 232 g/mol. The van der Waals surface area contributed by atoms with Gasteiger partial charge in [-0.3, -0.25) is 0 Å². The van der Waals surface area contributed by atoms with E-state index in [-0.39, 0.29) is 12.2 Å². The molecular weight excluding hydrogens is 220 g/mol. The summed E-state index contributed by atoms with van der Waals surface area (Å²) in [7, 11) is 0. The Kier molecular flexibility index (Phi) is 3.40. The van der Waals surface area contributed by atoms with Crippen LogP contribution in [0.25, 0.3) is 0 Å². The van der Waals surface area contributed by atoms with Crippen molar-refractivity contribution in [2.75, 3.05) is 0 Å². The zero-order valence-corrected chi connectivity index (χ0v) is 9.26. The number of hydrogen-bond acceptors (Lipinski definition) is 5. The molecule has 88 valence electrons. The molecule has 0 saturated heterocycles. The molecule has 0 atom stereocenters. The van der Waals surface area contributed by atoms with Crippen LogP contribution in [0.3, 0.4) is 0 Å². The van der Waals surface area contributed by atoms with E-state index in [2.05, 4.69) is 23.1 Å². The van der Waals surface area contributed by atoms with E-state index in [9.17, 15) is 0 Å². The second-order valence-electron chi connectivity index (χ2n) is 3.30. The van der Waals surface area contributed by atoms with Gasteiger partial charge in [0, 0.05) is 12.8 Å². The highest BCUT2D eigenvalue weighted by molar-refractivity contribution is 5.09. The van der Waals surface area contributed by atoms with Crippen molar-refractivity contribution in [1.29, 1.82) is 0 Å². The van der Waals surface area contributed by atoms with Crippen LogP contribution in [0, 0.1) is 0 Å². The zero-order valence-electron chi connectivity index (χ0n) is 9.26. The van der Waals surface area contributed by atoms with E-state index in [0.29, 0.717) is 12.8 Å². The standard InChI is InChI=1S/C12H12N2O3/c1-3-5-9-7-15-11(13-9)17-12-14-10(6-4-2)8-16-12/h3-4,7-8H,1-2,5-6H2. The summed E-state index contributed by atoms with van der Waals surface area (Å²) in [6.07, 6.45) is 7.93. The van der Waals surface area contributed by atoms with E-state index in [1.807, 2.05) is 0 Å². The Labute approximate surface area is 98.4 Å². The fourth-order valence-electron chi connectivity index (χ4n) is 1.23. The molecule has 0 aromatic carbocycles. The van der Waals surface area contributed by atoms with Crippen molar-refractivity contribution in [2.24, 2.45) is 0 Å². The SMILES string of the molecule is C=CCc1coc(Oc2nc(CC=C)co2)n1. The molecule has 17 heavy (non-hydrogen) atoms. The molecule has 2 heterocycles. The fraction of sp³-hybridized carbons (Fsp3) is 0.167. The Hall–Kier alpha value is -2.30. The molecule has 0 aliphatic rings. The maximum atomic E-state index is 5.21. The Balaban J connectivity index is 2.02. The summed E-state index contributed by atoms with van der Waals surface area (Å²) in [6.45, 7) is 7.22. The van der Waals surface area contributed by atoms with Gasteiger partial charge < -0.3 is 13.6 Å². The van der Waals surface area contributed by atoms with Gasteiger partial charge in [-0.25, -0.2) is 0 Å². The van der Waals surface area contributed by atoms with E-state index in [1.54, 1.807) is 12.2 Å². The van der Waals surface area contributed by atoms with Gasteiger partial charge in [-0.05, 0) is 0 Å². The van der Waals surface area contributed by atoms with E-state index in [1.165, 1.54) is 12.5 Å².